The quantitative estimate of drug-likeness (QED) is 0.378. The highest BCUT2D eigenvalue weighted by Crippen LogP contribution is 2.32. The molecule has 4 aromatic rings. The standard InChI is InChI=1S/C22H21ClN4O3/c1-12-18(21(28)26-24-12)20(19-13(2)25-27-22(19)29)14-7-9-16(10-8-14)30-11-15-5-3-4-6-17(15)23/h3-10,20H,11H2,1-2H3,(H2,24,26,28)(H2,25,27,29). The fourth-order valence-electron chi connectivity index (χ4n) is 3.62. The van der Waals surface area contributed by atoms with Crippen LogP contribution in [0.3, 0.4) is 0 Å². The molecule has 154 valence electrons. The number of aromatic amines is 4. The first-order chi connectivity index (χ1) is 14.5. The van der Waals surface area contributed by atoms with Crippen molar-refractivity contribution < 1.29 is 4.74 Å². The first-order valence-electron chi connectivity index (χ1n) is 9.46. The fraction of sp³-hybridized carbons (Fsp3) is 0.182. The van der Waals surface area contributed by atoms with E-state index in [1.807, 2.05) is 48.5 Å². The van der Waals surface area contributed by atoms with Gasteiger partial charge in [-0.3, -0.25) is 19.8 Å². The maximum absolute atomic E-state index is 12.5. The van der Waals surface area contributed by atoms with E-state index in [4.69, 9.17) is 16.3 Å². The van der Waals surface area contributed by atoms with Crippen LogP contribution in [0.15, 0.2) is 58.1 Å². The lowest BCUT2D eigenvalue weighted by Crippen LogP contribution is -2.20. The highest BCUT2D eigenvalue weighted by atomic mass is 35.5. The van der Waals surface area contributed by atoms with E-state index in [1.165, 1.54) is 0 Å². The molecule has 0 saturated carbocycles. The topological polar surface area (TPSA) is 107 Å². The van der Waals surface area contributed by atoms with Gasteiger partial charge in [0.25, 0.3) is 11.1 Å². The Morgan fingerprint density at radius 1 is 0.833 bits per heavy atom. The molecule has 0 unspecified atom stereocenters. The van der Waals surface area contributed by atoms with Crippen molar-refractivity contribution in [2.45, 2.75) is 26.4 Å². The Morgan fingerprint density at radius 2 is 1.40 bits per heavy atom. The molecule has 4 N–H and O–H groups in total. The predicted molar refractivity (Wildman–Crippen MR) is 115 cm³/mol. The lowest BCUT2D eigenvalue weighted by molar-refractivity contribution is 0.306. The molecule has 0 spiro atoms. The average molecular weight is 425 g/mol. The molecule has 0 aliphatic rings. The number of hydrogen-bond donors (Lipinski definition) is 4. The summed E-state index contributed by atoms with van der Waals surface area (Å²) in [4.78, 5) is 25.0. The molecule has 0 saturated heterocycles. The van der Waals surface area contributed by atoms with E-state index >= 15 is 0 Å². The second-order valence-corrected chi connectivity index (χ2v) is 7.52. The number of hydrogen-bond acceptors (Lipinski definition) is 3. The van der Waals surface area contributed by atoms with Crippen LogP contribution in [0, 0.1) is 13.8 Å². The van der Waals surface area contributed by atoms with E-state index in [9.17, 15) is 9.59 Å². The minimum Gasteiger partial charge on any atom is -0.489 e. The maximum Gasteiger partial charge on any atom is 0.268 e. The number of nitrogens with one attached hydrogen (secondary N) is 4. The molecule has 8 heteroatoms. The van der Waals surface area contributed by atoms with Crippen LogP contribution in [0.25, 0.3) is 0 Å². The van der Waals surface area contributed by atoms with Crippen LogP contribution in [-0.4, -0.2) is 20.4 Å². The van der Waals surface area contributed by atoms with Crippen LogP contribution in [0.5, 0.6) is 5.75 Å². The normalized spacial score (nSPS) is 11.2. The third kappa shape index (κ3) is 3.71. The molecule has 0 bridgehead atoms. The van der Waals surface area contributed by atoms with Crippen LogP contribution < -0.4 is 15.9 Å². The highest BCUT2D eigenvalue weighted by molar-refractivity contribution is 6.31. The van der Waals surface area contributed by atoms with Crippen LogP contribution in [0.4, 0.5) is 0 Å². The molecule has 2 aromatic carbocycles. The van der Waals surface area contributed by atoms with Gasteiger partial charge in [0.05, 0.1) is 11.1 Å². The molecular formula is C22H21ClN4O3. The van der Waals surface area contributed by atoms with E-state index in [2.05, 4.69) is 20.4 Å². The van der Waals surface area contributed by atoms with Gasteiger partial charge in [0, 0.05) is 27.9 Å². The molecule has 0 amide bonds. The smallest absolute Gasteiger partial charge is 0.268 e. The van der Waals surface area contributed by atoms with Gasteiger partial charge in [-0.15, -0.1) is 0 Å². The molecule has 0 fully saturated rings. The molecule has 2 heterocycles. The number of rotatable bonds is 6. The summed E-state index contributed by atoms with van der Waals surface area (Å²) in [6.45, 7) is 3.95. The monoisotopic (exact) mass is 424 g/mol. The van der Waals surface area contributed by atoms with Crippen molar-refractivity contribution in [1.82, 2.24) is 20.4 Å². The zero-order valence-corrected chi connectivity index (χ0v) is 17.3. The average Bonchev–Trinajstić information content (AvgIpc) is 3.25. The van der Waals surface area contributed by atoms with Gasteiger partial charge >= 0.3 is 0 Å². The molecule has 4 rings (SSSR count). The lowest BCUT2D eigenvalue weighted by Gasteiger charge is -2.16. The summed E-state index contributed by atoms with van der Waals surface area (Å²) in [7, 11) is 0. The summed E-state index contributed by atoms with van der Waals surface area (Å²) in [5.74, 6) is 0.143. The molecule has 0 atom stereocenters. The second-order valence-electron chi connectivity index (χ2n) is 7.12. The first-order valence-corrected chi connectivity index (χ1v) is 9.84. The highest BCUT2D eigenvalue weighted by Gasteiger charge is 2.27. The van der Waals surface area contributed by atoms with Crippen molar-refractivity contribution >= 4 is 11.6 Å². The zero-order valence-electron chi connectivity index (χ0n) is 16.5. The van der Waals surface area contributed by atoms with Gasteiger partial charge in [0.1, 0.15) is 12.4 Å². The Morgan fingerprint density at radius 3 is 1.90 bits per heavy atom. The van der Waals surface area contributed by atoms with Crippen LogP contribution in [0.1, 0.15) is 39.6 Å². The van der Waals surface area contributed by atoms with Crippen LogP contribution >= 0.6 is 11.6 Å². The van der Waals surface area contributed by atoms with Crippen molar-refractivity contribution in [2.75, 3.05) is 0 Å². The number of aryl methyl sites for hydroxylation is 2. The summed E-state index contributed by atoms with van der Waals surface area (Å²) in [6.07, 6.45) is 0. The summed E-state index contributed by atoms with van der Waals surface area (Å²) in [5.41, 5.74) is 3.58. The van der Waals surface area contributed by atoms with Crippen molar-refractivity contribution in [3.8, 4) is 5.75 Å². The van der Waals surface area contributed by atoms with Crippen LogP contribution in [0.2, 0.25) is 5.02 Å². The fourth-order valence-corrected chi connectivity index (χ4v) is 3.81. The molecule has 2 aromatic heterocycles. The predicted octanol–water partition coefficient (Wildman–Crippen LogP) is 3.75. The van der Waals surface area contributed by atoms with Gasteiger partial charge in [-0.1, -0.05) is 41.9 Å². The Kier molecular flexibility index (Phi) is 5.37. The molecule has 30 heavy (non-hydrogen) atoms. The van der Waals surface area contributed by atoms with E-state index in [1.54, 1.807) is 13.8 Å². The molecular weight excluding hydrogens is 404 g/mol. The van der Waals surface area contributed by atoms with E-state index in [0.29, 0.717) is 39.9 Å². The van der Waals surface area contributed by atoms with E-state index in [0.717, 1.165) is 11.1 Å². The van der Waals surface area contributed by atoms with Crippen molar-refractivity contribution in [1.29, 1.82) is 0 Å². The minimum absolute atomic E-state index is 0.253. The largest absolute Gasteiger partial charge is 0.489 e. The number of benzene rings is 2. The molecule has 0 aliphatic carbocycles. The van der Waals surface area contributed by atoms with E-state index in [-0.39, 0.29) is 11.1 Å². The molecule has 7 nitrogen and oxygen atoms in total. The first kappa shape index (κ1) is 19.8. The molecule has 0 radical (unpaired) electrons. The van der Waals surface area contributed by atoms with Gasteiger partial charge in [-0.05, 0) is 37.6 Å². The summed E-state index contributed by atoms with van der Waals surface area (Å²) < 4.78 is 5.85. The van der Waals surface area contributed by atoms with Gasteiger partial charge < -0.3 is 14.9 Å². The SMILES string of the molecule is Cc1[nH][nH]c(=O)c1C(c1ccc(OCc2ccccc2Cl)cc1)c1c(C)[nH][nH]c1=O. The Bertz CT molecular complexity index is 1230. The van der Waals surface area contributed by atoms with Gasteiger partial charge in [0.2, 0.25) is 0 Å². The minimum atomic E-state index is -0.521. The van der Waals surface area contributed by atoms with Crippen LogP contribution in [-0.2, 0) is 6.61 Å². The maximum atomic E-state index is 12.5. The Labute approximate surface area is 177 Å². The number of halogens is 1. The third-order valence-electron chi connectivity index (χ3n) is 5.17. The third-order valence-corrected chi connectivity index (χ3v) is 5.54. The van der Waals surface area contributed by atoms with Gasteiger partial charge in [-0.25, -0.2) is 0 Å². The Balaban J connectivity index is 1.68. The summed E-state index contributed by atoms with van der Waals surface area (Å²) in [6, 6.07) is 14.9. The number of aromatic nitrogens is 4. The Hall–Kier alpha value is -3.45. The van der Waals surface area contributed by atoms with Crippen molar-refractivity contribution in [3.63, 3.8) is 0 Å². The number of ether oxygens (including phenoxy) is 1. The summed E-state index contributed by atoms with van der Waals surface area (Å²) in [5, 5.41) is 11.5. The van der Waals surface area contributed by atoms with Crippen molar-refractivity contribution in [3.05, 3.63) is 108 Å². The zero-order chi connectivity index (χ0) is 21.3. The van der Waals surface area contributed by atoms with Gasteiger partial charge in [-0.2, -0.15) is 0 Å². The lowest BCUT2D eigenvalue weighted by atomic mass is 9.85. The second kappa shape index (κ2) is 8.12. The molecule has 0 aliphatic heterocycles. The number of H-pyrrole nitrogens is 4. The van der Waals surface area contributed by atoms with Crippen molar-refractivity contribution in [2.24, 2.45) is 0 Å². The van der Waals surface area contributed by atoms with E-state index < -0.39 is 5.92 Å². The van der Waals surface area contributed by atoms with Gasteiger partial charge in [0.15, 0.2) is 0 Å². The summed E-state index contributed by atoms with van der Waals surface area (Å²) >= 11 is 6.18.